The van der Waals surface area contributed by atoms with Crippen LogP contribution in [0.1, 0.15) is 0 Å². The first-order valence-corrected chi connectivity index (χ1v) is 5.56. The lowest BCUT2D eigenvalue weighted by atomic mass is 10.1. The molecule has 1 saturated heterocycles. The third-order valence-electron chi connectivity index (χ3n) is 2.80. The minimum Gasteiger partial charge on any atom is -0.462 e. The van der Waals surface area contributed by atoms with E-state index in [9.17, 15) is 20.3 Å². The van der Waals surface area contributed by atoms with Gasteiger partial charge in [-0.15, -0.1) is 0 Å². The van der Waals surface area contributed by atoms with E-state index < -0.39 is 36.1 Å². The highest BCUT2D eigenvalue weighted by atomic mass is 16.7. The van der Waals surface area contributed by atoms with Gasteiger partial charge in [-0.3, -0.25) is 10.1 Å². The molecule has 0 spiro atoms. The van der Waals surface area contributed by atoms with Gasteiger partial charge < -0.3 is 24.8 Å². The van der Waals surface area contributed by atoms with Gasteiger partial charge in [0, 0.05) is 12.1 Å². The van der Waals surface area contributed by atoms with Crippen LogP contribution in [0.5, 0.6) is 5.75 Å². The number of benzene rings is 1. The SMILES string of the molecule is O=[N+]([O-])c1ccc(O[C@@H]2O[C@H](CO)[C@@H](O)[C@@H]2O)cc1. The molecule has 0 unspecified atom stereocenters. The lowest BCUT2D eigenvalue weighted by Crippen LogP contribution is -2.35. The molecular weight excluding hydrogens is 258 g/mol. The summed E-state index contributed by atoms with van der Waals surface area (Å²) in [5.74, 6) is 0.250. The monoisotopic (exact) mass is 271 g/mol. The van der Waals surface area contributed by atoms with Gasteiger partial charge in [0.25, 0.3) is 5.69 Å². The summed E-state index contributed by atoms with van der Waals surface area (Å²) >= 11 is 0. The minimum absolute atomic E-state index is 0.0893. The number of ether oxygens (including phenoxy) is 2. The van der Waals surface area contributed by atoms with Gasteiger partial charge in [0.05, 0.1) is 11.5 Å². The summed E-state index contributed by atoms with van der Waals surface area (Å²) in [6.07, 6.45) is -4.59. The number of non-ortho nitro benzene ring substituents is 1. The second-order valence-electron chi connectivity index (χ2n) is 4.08. The molecule has 0 aromatic heterocycles. The maximum atomic E-state index is 10.5. The van der Waals surface area contributed by atoms with Gasteiger partial charge in [0.2, 0.25) is 6.29 Å². The fourth-order valence-electron chi connectivity index (χ4n) is 1.74. The van der Waals surface area contributed by atoms with Crippen molar-refractivity contribution in [2.75, 3.05) is 6.61 Å². The predicted molar refractivity (Wildman–Crippen MR) is 61.5 cm³/mol. The third-order valence-corrected chi connectivity index (χ3v) is 2.80. The third kappa shape index (κ3) is 2.82. The van der Waals surface area contributed by atoms with E-state index in [0.29, 0.717) is 0 Å². The van der Waals surface area contributed by atoms with Gasteiger partial charge in [0.15, 0.2) is 0 Å². The van der Waals surface area contributed by atoms with Crippen molar-refractivity contribution >= 4 is 5.69 Å². The number of aliphatic hydroxyl groups excluding tert-OH is 3. The molecule has 1 heterocycles. The highest BCUT2D eigenvalue weighted by Crippen LogP contribution is 2.25. The molecule has 8 nitrogen and oxygen atoms in total. The first-order chi connectivity index (χ1) is 9.02. The van der Waals surface area contributed by atoms with Crippen molar-refractivity contribution < 1.29 is 29.7 Å². The van der Waals surface area contributed by atoms with E-state index in [2.05, 4.69) is 0 Å². The maximum absolute atomic E-state index is 10.5. The standard InChI is InChI=1S/C11H13NO7/c13-5-8-9(14)10(15)11(19-8)18-7-3-1-6(2-4-7)12(16)17/h1-4,8-11,13-15H,5H2/t8-,9-,10+,11-/m1/s1. The molecule has 19 heavy (non-hydrogen) atoms. The second kappa shape index (κ2) is 5.49. The topological polar surface area (TPSA) is 122 Å². The van der Waals surface area contributed by atoms with Crippen molar-refractivity contribution in [3.05, 3.63) is 34.4 Å². The van der Waals surface area contributed by atoms with E-state index >= 15 is 0 Å². The molecule has 0 amide bonds. The Hall–Kier alpha value is -1.74. The average molecular weight is 271 g/mol. The van der Waals surface area contributed by atoms with Crippen molar-refractivity contribution in [3.63, 3.8) is 0 Å². The van der Waals surface area contributed by atoms with Crippen LogP contribution in [-0.2, 0) is 4.74 Å². The lowest BCUT2D eigenvalue weighted by Gasteiger charge is -2.16. The molecule has 3 N–H and O–H groups in total. The Morgan fingerprint density at radius 3 is 2.37 bits per heavy atom. The Morgan fingerprint density at radius 2 is 1.89 bits per heavy atom. The molecule has 1 aliphatic rings. The fourth-order valence-corrected chi connectivity index (χ4v) is 1.74. The summed E-state index contributed by atoms with van der Waals surface area (Å²) in [6.45, 7) is -0.446. The Labute approximate surface area is 108 Å². The van der Waals surface area contributed by atoms with Crippen LogP contribution in [0.25, 0.3) is 0 Å². The van der Waals surface area contributed by atoms with Gasteiger partial charge in [0.1, 0.15) is 24.1 Å². The number of hydrogen-bond acceptors (Lipinski definition) is 7. The molecule has 0 radical (unpaired) electrons. The molecule has 1 aromatic carbocycles. The van der Waals surface area contributed by atoms with Gasteiger partial charge in [-0.05, 0) is 12.1 Å². The number of aliphatic hydroxyl groups is 3. The van der Waals surface area contributed by atoms with Crippen LogP contribution in [-0.4, -0.2) is 51.5 Å². The van der Waals surface area contributed by atoms with Crippen LogP contribution in [0, 0.1) is 10.1 Å². The molecule has 2 rings (SSSR count). The molecule has 4 atom stereocenters. The summed E-state index contributed by atoms with van der Waals surface area (Å²) in [5, 5.41) is 38.5. The second-order valence-corrected chi connectivity index (χ2v) is 4.08. The van der Waals surface area contributed by atoms with E-state index in [1.165, 1.54) is 24.3 Å². The van der Waals surface area contributed by atoms with E-state index in [4.69, 9.17) is 14.6 Å². The summed E-state index contributed by atoms with van der Waals surface area (Å²) in [5.41, 5.74) is -0.0893. The normalized spacial score (nSPS) is 30.3. The Morgan fingerprint density at radius 1 is 1.26 bits per heavy atom. The number of nitro groups is 1. The van der Waals surface area contributed by atoms with Crippen molar-refractivity contribution in [1.82, 2.24) is 0 Å². The van der Waals surface area contributed by atoms with Gasteiger partial charge in [-0.2, -0.15) is 0 Å². The Bertz CT molecular complexity index is 449. The zero-order valence-electron chi connectivity index (χ0n) is 9.75. The van der Waals surface area contributed by atoms with Crippen LogP contribution in [0.2, 0.25) is 0 Å². The molecule has 1 aliphatic heterocycles. The molecule has 104 valence electrons. The number of nitro benzene ring substituents is 1. The first-order valence-electron chi connectivity index (χ1n) is 5.56. The quantitative estimate of drug-likeness (QED) is 0.494. The van der Waals surface area contributed by atoms with Crippen molar-refractivity contribution in [1.29, 1.82) is 0 Å². The molecular formula is C11H13NO7. The Balaban J connectivity index is 2.03. The van der Waals surface area contributed by atoms with Crippen LogP contribution < -0.4 is 4.74 Å². The summed E-state index contributed by atoms with van der Waals surface area (Å²) < 4.78 is 10.4. The molecule has 0 bridgehead atoms. The van der Waals surface area contributed by atoms with E-state index in [1.807, 2.05) is 0 Å². The smallest absolute Gasteiger partial charge is 0.269 e. The first kappa shape index (κ1) is 13.7. The number of nitrogens with zero attached hydrogens (tertiary/aromatic N) is 1. The van der Waals surface area contributed by atoms with Crippen LogP contribution in [0.3, 0.4) is 0 Å². The molecule has 1 aromatic rings. The molecule has 1 fully saturated rings. The van der Waals surface area contributed by atoms with Crippen LogP contribution in [0.4, 0.5) is 5.69 Å². The minimum atomic E-state index is -1.30. The van der Waals surface area contributed by atoms with Crippen molar-refractivity contribution in [2.24, 2.45) is 0 Å². The fraction of sp³-hybridized carbons (Fsp3) is 0.455. The molecule has 0 aliphatic carbocycles. The average Bonchev–Trinajstić information content (AvgIpc) is 2.67. The van der Waals surface area contributed by atoms with Gasteiger partial charge in [-0.1, -0.05) is 0 Å². The maximum Gasteiger partial charge on any atom is 0.269 e. The van der Waals surface area contributed by atoms with Crippen molar-refractivity contribution in [2.45, 2.75) is 24.6 Å². The van der Waals surface area contributed by atoms with E-state index in [-0.39, 0.29) is 11.4 Å². The lowest BCUT2D eigenvalue weighted by molar-refractivity contribution is -0.384. The van der Waals surface area contributed by atoms with E-state index in [0.717, 1.165) is 0 Å². The van der Waals surface area contributed by atoms with Crippen LogP contribution in [0.15, 0.2) is 24.3 Å². The summed E-state index contributed by atoms with van der Waals surface area (Å²) in [4.78, 5) is 9.93. The van der Waals surface area contributed by atoms with Gasteiger partial charge in [-0.25, -0.2) is 0 Å². The largest absolute Gasteiger partial charge is 0.462 e. The van der Waals surface area contributed by atoms with E-state index in [1.54, 1.807) is 0 Å². The predicted octanol–water partition coefficient (Wildman–Crippen LogP) is -0.587. The van der Waals surface area contributed by atoms with Gasteiger partial charge >= 0.3 is 0 Å². The van der Waals surface area contributed by atoms with Crippen LogP contribution >= 0.6 is 0 Å². The number of hydrogen-bond donors (Lipinski definition) is 3. The molecule has 8 heteroatoms. The Kier molecular flexibility index (Phi) is 3.96. The summed E-state index contributed by atoms with van der Waals surface area (Å²) in [7, 11) is 0. The zero-order chi connectivity index (χ0) is 14.0. The highest BCUT2D eigenvalue weighted by Gasteiger charge is 2.43. The molecule has 0 saturated carbocycles. The summed E-state index contributed by atoms with van der Waals surface area (Å²) in [6, 6.07) is 5.20. The highest BCUT2D eigenvalue weighted by molar-refractivity contribution is 5.36. The zero-order valence-corrected chi connectivity index (χ0v) is 9.75. The number of rotatable bonds is 4. The van der Waals surface area contributed by atoms with Crippen molar-refractivity contribution in [3.8, 4) is 5.75 Å².